The van der Waals surface area contributed by atoms with E-state index in [-0.39, 0.29) is 17.2 Å². The first kappa shape index (κ1) is 14.3. The molecule has 0 saturated carbocycles. The molecule has 1 aromatic rings. The monoisotopic (exact) mass is 255 g/mol. The Kier molecular flexibility index (Phi) is 4.99. The summed E-state index contributed by atoms with van der Waals surface area (Å²) in [6.45, 7) is 6.60. The van der Waals surface area contributed by atoms with Gasteiger partial charge in [0.15, 0.2) is 0 Å². The van der Waals surface area contributed by atoms with Gasteiger partial charge in [0.05, 0.1) is 17.8 Å². The molecule has 0 bridgehead atoms. The quantitative estimate of drug-likeness (QED) is 0.459. The molecule has 0 aromatic carbocycles. The van der Waals surface area contributed by atoms with Gasteiger partial charge in [0, 0.05) is 12.4 Å². The van der Waals surface area contributed by atoms with Crippen molar-refractivity contribution in [2.45, 2.75) is 26.4 Å². The number of aromatic nitrogens is 2. The molecular formula is C11H17N3O4. The van der Waals surface area contributed by atoms with Crippen molar-refractivity contribution in [3.05, 3.63) is 18.0 Å². The molecule has 0 radical (unpaired) electrons. The number of hydrogen-bond acceptors (Lipinski definition) is 6. The second kappa shape index (κ2) is 6.27. The Morgan fingerprint density at radius 1 is 1.33 bits per heavy atom. The number of carbonyl (C=O) groups excluding carboxylic acids is 1. The van der Waals surface area contributed by atoms with Crippen LogP contribution >= 0.6 is 0 Å². The van der Waals surface area contributed by atoms with Crippen molar-refractivity contribution in [1.29, 1.82) is 0 Å². The number of amides is 1. The van der Waals surface area contributed by atoms with Crippen molar-refractivity contribution in [2.75, 3.05) is 13.2 Å². The van der Waals surface area contributed by atoms with Crippen LogP contribution in [-0.4, -0.2) is 39.9 Å². The number of rotatable bonds is 5. The number of ether oxygens (including phenoxy) is 2. The van der Waals surface area contributed by atoms with Crippen molar-refractivity contribution in [1.82, 2.24) is 15.4 Å². The molecule has 0 unspecified atom stereocenters. The lowest BCUT2D eigenvalue weighted by molar-refractivity contribution is -0.0173. The summed E-state index contributed by atoms with van der Waals surface area (Å²) in [5, 5.41) is 8.40. The van der Waals surface area contributed by atoms with Gasteiger partial charge in [-0.2, -0.15) is 0 Å². The summed E-state index contributed by atoms with van der Waals surface area (Å²) in [5.41, 5.74) is 1.42. The first-order valence-corrected chi connectivity index (χ1v) is 5.45. The molecule has 2 N–H and O–H groups in total. The number of nitrogens with zero attached hydrogens (tertiary/aromatic N) is 2. The Labute approximate surface area is 105 Å². The molecule has 0 atom stereocenters. The fourth-order valence-electron chi connectivity index (χ4n) is 1.05. The Balaban J connectivity index is 2.38. The van der Waals surface area contributed by atoms with E-state index in [0.29, 0.717) is 13.2 Å². The number of hydrogen-bond donors (Lipinski definition) is 2. The van der Waals surface area contributed by atoms with E-state index >= 15 is 0 Å². The van der Waals surface area contributed by atoms with Gasteiger partial charge in [0.25, 0.3) is 5.91 Å². The highest BCUT2D eigenvalue weighted by Gasteiger charge is 2.10. The average molecular weight is 255 g/mol. The molecule has 0 aliphatic carbocycles. The zero-order valence-electron chi connectivity index (χ0n) is 10.6. The standard InChI is InChI=1S/C11H17N3O4/c1-11(2,3)18-5-4-17-10-12-6-8(7-13-10)9(15)14-16/h6-7,16H,4-5H2,1-3H3,(H,14,15). The molecule has 1 aromatic heterocycles. The summed E-state index contributed by atoms with van der Waals surface area (Å²) in [7, 11) is 0. The highest BCUT2D eigenvalue weighted by molar-refractivity contribution is 5.92. The fourth-order valence-corrected chi connectivity index (χ4v) is 1.05. The minimum absolute atomic E-state index is 0.149. The molecule has 0 fully saturated rings. The van der Waals surface area contributed by atoms with Crippen LogP contribution in [0.1, 0.15) is 31.1 Å². The van der Waals surface area contributed by atoms with Gasteiger partial charge in [0.2, 0.25) is 0 Å². The van der Waals surface area contributed by atoms with Crippen LogP contribution in [0.2, 0.25) is 0 Å². The molecular weight excluding hydrogens is 238 g/mol. The van der Waals surface area contributed by atoms with Crippen LogP contribution in [0.15, 0.2) is 12.4 Å². The Bertz CT molecular complexity index is 386. The number of hydroxylamine groups is 1. The number of carbonyl (C=O) groups is 1. The summed E-state index contributed by atoms with van der Waals surface area (Å²) in [4.78, 5) is 18.6. The van der Waals surface area contributed by atoms with Gasteiger partial charge in [-0.1, -0.05) is 0 Å². The first-order valence-electron chi connectivity index (χ1n) is 5.45. The van der Waals surface area contributed by atoms with E-state index < -0.39 is 5.91 Å². The summed E-state index contributed by atoms with van der Waals surface area (Å²) in [5.74, 6) is -0.669. The molecule has 7 heteroatoms. The number of nitrogens with one attached hydrogen (secondary N) is 1. The van der Waals surface area contributed by atoms with Crippen LogP contribution in [0, 0.1) is 0 Å². The second-order valence-corrected chi connectivity index (χ2v) is 4.50. The van der Waals surface area contributed by atoms with Crippen LogP contribution < -0.4 is 10.2 Å². The second-order valence-electron chi connectivity index (χ2n) is 4.50. The zero-order valence-corrected chi connectivity index (χ0v) is 10.6. The Morgan fingerprint density at radius 2 is 1.94 bits per heavy atom. The smallest absolute Gasteiger partial charge is 0.316 e. The maximum Gasteiger partial charge on any atom is 0.316 e. The summed E-state index contributed by atoms with van der Waals surface area (Å²) in [6.07, 6.45) is 2.52. The first-order chi connectivity index (χ1) is 8.42. The third kappa shape index (κ3) is 5.07. The van der Waals surface area contributed by atoms with Crippen LogP contribution in [0.25, 0.3) is 0 Å². The molecule has 1 amide bonds. The predicted octanol–water partition coefficient (Wildman–Crippen LogP) is 0.789. The molecule has 0 saturated heterocycles. The fraction of sp³-hybridized carbons (Fsp3) is 0.545. The van der Waals surface area contributed by atoms with E-state index in [1.807, 2.05) is 20.8 Å². The topological polar surface area (TPSA) is 93.6 Å². The zero-order chi connectivity index (χ0) is 13.6. The van der Waals surface area contributed by atoms with E-state index in [0.717, 1.165) is 0 Å². The van der Waals surface area contributed by atoms with Crippen molar-refractivity contribution in [3.63, 3.8) is 0 Å². The summed E-state index contributed by atoms with van der Waals surface area (Å²) < 4.78 is 10.7. The van der Waals surface area contributed by atoms with E-state index in [1.165, 1.54) is 17.9 Å². The normalized spacial score (nSPS) is 11.1. The van der Waals surface area contributed by atoms with Gasteiger partial charge >= 0.3 is 6.01 Å². The van der Waals surface area contributed by atoms with Crippen LogP contribution in [-0.2, 0) is 4.74 Å². The van der Waals surface area contributed by atoms with Gasteiger partial charge in [-0.15, -0.1) is 0 Å². The van der Waals surface area contributed by atoms with E-state index in [4.69, 9.17) is 14.7 Å². The van der Waals surface area contributed by atoms with Crippen molar-refractivity contribution in [2.24, 2.45) is 0 Å². The van der Waals surface area contributed by atoms with Gasteiger partial charge in [-0.3, -0.25) is 10.0 Å². The van der Waals surface area contributed by atoms with Crippen LogP contribution in [0.3, 0.4) is 0 Å². The van der Waals surface area contributed by atoms with Crippen molar-refractivity contribution >= 4 is 5.91 Å². The van der Waals surface area contributed by atoms with E-state index in [9.17, 15) is 4.79 Å². The van der Waals surface area contributed by atoms with Gasteiger partial charge in [-0.05, 0) is 20.8 Å². The maximum absolute atomic E-state index is 11.0. The Morgan fingerprint density at radius 3 is 2.44 bits per heavy atom. The maximum atomic E-state index is 11.0. The predicted molar refractivity (Wildman–Crippen MR) is 62.5 cm³/mol. The Hall–Kier alpha value is -1.73. The van der Waals surface area contributed by atoms with Crippen LogP contribution in [0.4, 0.5) is 0 Å². The molecule has 1 rings (SSSR count). The van der Waals surface area contributed by atoms with Gasteiger partial charge < -0.3 is 9.47 Å². The molecule has 100 valence electrons. The van der Waals surface area contributed by atoms with Crippen molar-refractivity contribution < 1.29 is 19.5 Å². The molecule has 0 aliphatic heterocycles. The largest absolute Gasteiger partial charge is 0.461 e. The molecule has 18 heavy (non-hydrogen) atoms. The van der Waals surface area contributed by atoms with E-state index in [2.05, 4.69) is 9.97 Å². The highest BCUT2D eigenvalue weighted by atomic mass is 16.5. The lowest BCUT2D eigenvalue weighted by Crippen LogP contribution is -2.23. The molecule has 0 spiro atoms. The third-order valence-electron chi connectivity index (χ3n) is 1.84. The summed E-state index contributed by atoms with van der Waals surface area (Å²) in [6, 6.07) is 0.155. The minimum Gasteiger partial charge on any atom is -0.461 e. The molecule has 0 aliphatic rings. The summed E-state index contributed by atoms with van der Waals surface area (Å²) >= 11 is 0. The highest BCUT2D eigenvalue weighted by Crippen LogP contribution is 2.07. The molecule has 1 heterocycles. The lowest BCUT2D eigenvalue weighted by atomic mass is 10.2. The lowest BCUT2D eigenvalue weighted by Gasteiger charge is -2.19. The van der Waals surface area contributed by atoms with Gasteiger partial charge in [-0.25, -0.2) is 15.4 Å². The van der Waals surface area contributed by atoms with Crippen molar-refractivity contribution in [3.8, 4) is 6.01 Å². The third-order valence-corrected chi connectivity index (χ3v) is 1.84. The molecule has 7 nitrogen and oxygen atoms in total. The van der Waals surface area contributed by atoms with Gasteiger partial charge in [0.1, 0.15) is 6.61 Å². The minimum atomic E-state index is -0.669. The SMILES string of the molecule is CC(C)(C)OCCOc1ncc(C(=O)NO)cn1. The van der Waals surface area contributed by atoms with Crippen LogP contribution in [0.5, 0.6) is 6.01 Å². The van der Waals surface area contributed by atoms with E-state index in [1.54, 1.807) is 0 Å². The average Bonchev–Trinajstić information content (AvgIpc) is 2.33.